The van der Waals surface area contributed by atoms with Crippen molar-refractivity contribution in [1.82, 2.24) is 4.98 Å². The van der Waals surface area contributed by atoms with Gasteiger partial charge in [-0.1, -0.05) is 18.2 Å². The molecule has 3 aromatic rings. The minimum Gasteiger partial charge on any atom is -0.495 e. The first kappa shape index (κ1) is 22.6. The van der Waals surface area contributed by atoms with Gasteiger partial charge >= 0.3 is 0 Å². The molecule has 0 atom stereocenters. The number of amides is 1. The molecule has 2 heterocycles. The van der Waals surface area contributed by atoms with E-state index in [9.17, 15) is 13.2 Å². The summed E-state index contributed by atoms with van der Waals surface area (Å²) in [7, 11) is -2.50. The summed E-state index contributed by atoms with van der Waals surface area (Å²) in [5.74, 6) is 0.00238. The molecule has 4 rings (SSSR count). The zero-order chi connectivity index (χ0) is 23.3. The normalized spacial score (nSPS) is 13.9. The van der Waals surface area contributed by atoms with Crippen LogP contribution in [0.3, 0.4) is 0 Å². The van der Waals surface area contributed by atoms with E-state index in [1.807, 2.05) is 0 Å². The van der Waals surface area contributed by atoms with E-state index in [4.69, 9.17) is 4.74 Å². The van der Waals surface area contributed by atoms with Gasteiger partial charge in [0.15, 0.2) is 0 Å². The van der Waals surface area contributed by atoms with Crippen LogP contribution in [0.4, 0.5) is 17.1 Å². The molecule has 1 aromatic heterocycles. The molecular formula is C24H26N4O4S. The van der Waals surface area contributed by atoms with Gasteiger partial charge in [0.25, 0.3) is 15.9 Å². The van der Waals surface area contributed by atoms with Gasteiger partial charge in [0.05, 0.1) is 18.5 Å². The van der Waals surface area contributed by atoms with E-state index >= 15 is 0 Å². The van der Waals surface area contributed by atoms with Crippen LogP contribution in [0, 0.1) is 0 Å². The number of nitrogens with one attached hydrogen (secondary N) is 2. The molecule has 0 saturated carbocycles. The number of benzene rings is 2. The molecule has 8 nitrogen and oxygen atoms in total. The largest absolute Gasteiger partial charge is 0.495 e. The van der Waals surface area contributed by atoms with Crippen LogP contribution in [-0.4, -0.2) is 39.5 Å². The number of pyridine rings is 1. The lowest BCUT2D eigenvalue weighted by Crippen LogP contribution is -2.31. The molecule has 1 aliphatic rings. The Morgan fingerprint density at radius 2 is 1.76 bits per heavy atom. The lowest BCUT2D eigenvalue weighted by molar-refractivity contribution is 0.102. The lowest BCUT2D eigenvalue weighted by atomic mass is 10.1. The maximum Gasteiger partial charge on any atom is 0.274 e. The molecule has 172 valence electrons. The molecule has 1 saturated heterocycles. The molecule has 1 fully saturated rings. The summed E-state index contributed by atoms with van der Waals surface area (Å²) in [6, 6.07) is 16.8. The van der Waals surface area contributed by atoms with Crippen molar-refractivity contribution < 1.29 is 17.9 Å². The van der Waals surface area contributed by atoms with E-state index < -0.39 is 15.9 Å². The van der Waals surface area contributed by atoms with Crippen LogP contribution in [0.1, 0.15) is 29.8 Å². The summed E-state index contributed by atoms with van der Waals surface area (Å²) in [5.41, 5.74) is 1.56. The summed E-state index contributed by atoms with van der Waals surface area (Å²) in [4.78, 5) is 18.8. The van der Waals surface area contributed by atoms with E-state index in [1.165, 1.54) is 19.4 Å². The third-order valence-corrected chi connectivity index (χ3v) is 6.85. The van der Waals surface area contributed by atoms with Crippen LogP contribution in [0.5, 0.6) is 5.75 Å². The number of sulfonamides is 1. The van der Waals surface area contributed by atoms with Gasteiger partial charge in [-0.3, -0.25) is 14.5 Å². The molecule has 1 aliphatic heterocycles. The highest BCUT2D eigenvalue weighted by molar-refractivity contribution is 7.93. The number of hydrogen-bond donors (Lipinski definition) is 2. The van der Waals surface area contributed by atoms with Gasteiger partial charge < -0.3 is 15.0 Å². The zero-order valence-electron chi connectivity index (χ0n) is 18.3. The van der Waals surface area contributed by atoms with Crippen LogP contribution >= 0.6 is 0 Å². The van der Waals surface area contributed by atoms with Gasteiger partial charge in [-0.2, -0.15) is 0 Å². The molecule has 2 N–H and O–H groups in total. The Balaban J connectivity index is 1.71. The van der Waals surface area contributed by atoms with Gasteiger partial charge in [0, 0.05) is 25.0 Å². The smallest absolute Gasteiger partial charge is 0.274 e. The van der Waals surface area contributed by atoms with Crippen molar-refractivity contribution in [1.29, 1.82) is 0 Å². The Morgan fingerprint density at radius 3 is 2.48 bits per heavy atom. The van der Waals surface area contributed by atoms with Crippen LogP contribution < -0.4 is 19.7 Å². The first-order valence-corrected chi connectivity index (χ1v) is 12.2. The number of nitrogens with zero attached hydrogens (tertiary/aromatic N) is 2. The second-order valence-corrected chi connectivity index (χ2v) is 9.36. The predicted octanol–water partition coefficient (Wildman–Crippen LogP) is 4.13. The van der Waals surface area contributed by atoms with Crippen molar-refractivity contribution in [2.75, 3.05) is 35.1 Å². The number of carbonyl (C=O) groups is 1. The first-order chi connectivity index (χ1) is 16.0. The summed E-state index contributed by atoms with van der Waals surface area (Å²) in [6.45, 7) is 1.55. The molecule has 2 aromatic carbocycles. The second kappa shape index (κ2) is 9.91. The number of carbonyl (C=O) groups excluding carboxylic acids is 1. The minimum absolute atomic E-state index is 0.0918. The lowest BCUT2D eigenvalue weighted by Gasteiger charge is -2.30. The number of piperidine rings is 1. The van der Waals surface area contributed by atoms with E-state index in [-0.39, 0.29) is 10.6 Å². The fourth-order valence-corrected chi connectivity index (χ4v) is 5.15. The summed E-state index contributed by atoms with van der Waals surface area (Å²) in [5, 5.41) is 2.75. The average Bonchev–Trinajstić information content (AvgIpc) is 2.85. The SMILES string of the molecule is COc1ccccc1NS(=O)(=O)c1cc(NC(=O)c2ccccn2)ccc1N1CCCCC1. The van der Waals surface area contributed by atoms with Gasteiger partial charge in [-0.25, -0.2) is 8.42 Å². The number of methoxy groups -OCH3 is 1. The van der Waals surface area contributed by atoms with E-state index in [0.717, 1.165) is 32.4 Å². The first-order valence-electron chi connectivity index (χ1n) is 10.8. The van der Waals surface area contributed by atoms with Crippen LogP contribution in [0.15, 0.2) is 71.8 Å². The van der Waals surface area contributed by atoms with Gasteiger partial charge in [0.2, 0.25) is 0 Å². The predicted molar refractivity (Wildman–Crippen MR) is 128 cm³/mol. The Morgan fingerprint density at radius 1 is 1.00 bits per heavy atom. The number of anilines is 3. The fraction of sp³-hybridized carbons (Fsp3) is 0.250. The van der Waals surface area contributed by atoms with Gasteiger partial charge in [0.1, 0.15) is 16.3 Å². The van der Waals surface area contributed by atoms with Crippen molar-refractivity contribution >= 4 is 33.0 Å². The third kappa shape index (κ3) is 5.25. The Labute approximate surface area is 193 Å². The second-order valence-electron chi connectivity index (χ2n) is 7.71. The number of aromatic nitrogens is 1. The van der Waals surface area contributed by atoms with Crippen molar-refractivity contribution in [3.8, 4) is 5.75 Å². The third-order valence-electron chi connectivity index (χ3n) is 5.45. The van der Waals surface area contributed by atoms with Gasteiger partial charge in [-0.05, 0) is 61.7 Å². The molecular weight excluding hydrogens is 440 g/mol. The maximum atomic E-state index is 13.5. The highest BCUT2D eigenvalue weighted by atomic mass is 32.2. The van der Waals surface area contributed by atoms with Crippen molar-refractivity contribution in [3.63, 3.8) is 0 Å². The molecule has 0 bridgehead atoms. The minimum atomic E-state index is -3.99. The fourth-order valence-electron chi connectivity index (χ4n) is 3.82. The molecule has 0 aliphatic carbocycles. The van der Waals surface area contributed by atoms with Crippen LogP contribution in [0.25, 0.3) is 0 Å². The highest BCUT2D eigenvalue weighted by Gasteiger charge is 2.25. The quantitative estimate of drug-likeness (QED) is 0.543. The molecule has 0 unspecified atom stereocenters. The molecule has 0 radical (unpaired) electrons. The Hall–Kier alpha value is -3.59. The summed E-state index contributed by atoms with van der Waals surface area (Å²) >= 11 is 0. The van der Waals surface area contributed by atoms with E-state index in [0.29, 0.717) is 22.8 Å². The standard InChI is InChI=1S/C24H26N4O4S/c1-32-22-11-4-3-9-19(22)27-33(30,31)23-17-18(26-24(29)20-10-5-6-14-25-20)12-13-21(23)28-15-7-2-8-16-28/h3-6,9-14,17,27H,2,7-8,15-16H2,1H3,(H,26,29). The number of ether oxygens (including phenoxy) is 1. The average molecular weight is 467 g/mol. The molecule has 1 amide bonds. The number of hydrogen-bond acceptors (Lipinski definition) is 6. The van der Waals surface area contributed by atoms with Crippen LogP contribution in [0.2, 0.25) is 0 Å². The van der Waals surface area contributed by atoms with E-state index in [2.05, 4.69) is 19.9 Å². The molecule has 9 heteroatoms. The number of para-hydroxylation sites is 2. The summed E-state index contributed by atoms with van der Waals surface area (Å²) < 4.78 is 35.0. The monoisotopic (exact) mass is 466 g/mol. The van der Waals surface area contributed by atoms with Gasteiger partial charge in [-0.15, -0.1) is 0 Å². The zero-order valence-corrected chi connectivity index (χ0v) is 19.1. The molecule has 33 heavy (non-hydrogen) atoms. The molecule has 0 spiro atoms. The Bertz CT molecular complexity index is 1230. The highest BCUT2D eigenvalue weighted by Crippen LogP contribution is 2.33. The summed E-state index contributed by atoms with van der Waals surface area (Å²) in [6.07, 6.45) is 4.65. The van der Waals surface area contributed by atoms with E-state index in [1.54, 1.807) is 54.6 Å². The van der Waals surface area contributed by atoms with Crippen molar-refractivity contribution in [2.45, 2.75) is 24.2 Å². The van der Waals surface area contributed by atoms with Crippen molar-refractivity contribution in [2.24, 2.45) is 0 Å². The topological polar surface area (TPSA) is 101 Å². The Kier molecular flexibility index (Phi) is 6.79. The number of rotatable bonds is 7. The maximum absolute atomic E-state index is 13.5. The van der Waals surface area contributed by atoms with Crippen LogP contribution in [-0.2, 0) is 10.0 Å². The van der Waals surface area contributed by atoms with Crippen molar-refractivity contribution in [3.05, 3.63) is 72.6 Å².